The smallest absolute Gasteiger partial charge is 0.306 e. The molecule has 1 N–H and O–H groups in total. The average Bonchev–Trinajstić information content (AvgIpc) is 2.74. The maximum Gasteiger partial charge on any atom is 0.306 e. The fraction of sp³-hybridized carbons (Fsp3) is 0.455. The lowest BCUT2D eigenvalue weighted by Gasteiger charge is -2.37. The van der Waals surface area contributed by atoms with Gasteiger partial charge in [-0.25, -0.2) is 0 Å². The molecular formula is C22H28N2O4. The first-order valence-corrected chi connectivity index (χ1v) is 9.71. The molecule has 0 saturated carbocycles. The Bertz CT molecular complexity index is 776. The molecule has 150 valence electrons. The van der Waals surface area contributed by atoms with Crippen LogP contribution in [0.15, 0.2) is 36.5 Å². The molecule has 1 aliphatic heterocycles. The third-order valence-electron chi connectivity index (χ3n) is 5.52. The number of ether oxygens (including phenoxy) is 2. The standard InChI is InChI=1S/C22H28N2O4/c1-4-15-8-9-17(23-14-15)21(24-12-10-16(11-13-24)22(25)26)20-18(27-2)6-5-7-19(20)28-3/h5-9,14,16,21H,4,10-13H2,1-3H3,(H,25,26). The van der Waals surface area contributed by atoms with Crippen LogP contribution in [0.5, 0.6) is 11.5 Å². The maximum atomic E-state index is 11.4. The van der Waals surface area contributed by atoms with Crippen LogP contribution in [0, 0.1) is 5.92 Å². The van der Waals surface area contributed by atoms with E-state index in [0.717, 1.165) is 29.2 Å². The Morgan fingerprint density at radius 1 is 1.18 bits per heavy atom. The number of aliphatic carboxylic acids is 1. The summed E-state index contributed by atoms with van der Waals surface area (Å²) in [7, 11) is 3.30. The van der Waals surface area contributed by atoms with Crippen molar-refractivity contribution in [1.29, 1.82) is 0 Å². The minimum Gasteiger partial charge on any atom is -0.496 e. The zero-order valence-corrected chi connectivity index (χ0v) is 16.7. The number of hydrogen-bond donors (Lipinski definition) is 1. The summed E-state index contributed by atoms with van der Waals surface area (Å²) in [6.07, 6.45) is 4.08. The molecule has 0 aliphatic carbocycles. The van der Waals surface area contributed by atoms with Gasteiger partial charge in [-0.1, -0.05) is 19.1 Å². The minimum atomic E-state index is -0.712. The van der Waals surface area contributed by atoms with E-state index < -0.39 is 5.97 Å². The van der Waals surface area contributed by atoms with Crippen LogP contribution in [0.1, 0.15) is 42.6 Å². The topological polar surface area (TPSA) is 71.9 Å². The van der Waals surface area contributed by atoms with E-state index in [4.69, 9.17) is 14.5 Å². The van der Waals surface area contributed by atoms with E-state index in [2.05, 4.69) is 24.0 Å². The first-order valence-electron chi connectivity index (χ1n) is 9.71. The van der Waals surface area contributed by atoms with Gasteiger partial charge in [-0.2, -0.15) is 0 Å². The van der Waals surface area contributed by atoms with E-state index in [1.54, 1.807) is 14.2 Å². The Hall–Kier alpha value is -2.60. The summed E-state index contributed by atoms with van der Waals surface area (Å²) in [5.41, 5.74) is 3.02. The Morgan fingerprint density at radius 3 is 2.29 bits per heavy atom. The van der Waals surface area contributed by atoms with Gasteiger partial charge in [0.2, 0.25) is 0 Å². The van der Waals surface area contributed by atoms with Crippen molar-refractivity contribution in [2.75, 3.05) is 27.3 Å². The summed E-state index contributed by atoms with van der Waals surface area (Å²) in [6.45, 7) is 3.47. The predicted molar refractivity (Wildman–Crippen MR) is 107 cm³/mol. The van der Waals surface area contributed by atoms with Crippen molar-refractivity contribution in [2.24, 2.45) is 5.92 Å². The highest BCUT2D eigenvalue weighted by Gasteiger charge is 2.34. The lowest BCUT2D eigenvalue weighted by atomic mass is 9.92. The Kier molecular flexibility index (Phi) is 6.52. The monoisotopic (exact) mass is 384 g/mol. The number of piperidine rings is 1. The van der Waals surface area contributed by atoms with E-state index in [1.807, 2.05) is 24.4 Å². The molecule has 28 heavy (non-hydrogen) atoms. The zero-order valence-electron chi connectivity index (χ0n) is 16.7. The number of carboxylic acid groups (broad SMARTS) is 1. The van der Waals surface area contributed by atoms with Crippen LogP contribution in [0.2, 0.25) is 0 Å². The fourth-order valence-corrected chi connectivity index (χ4v) is 3.88. The number of hydrogen-bond acceptors (Lipinski definition) is 5. The van der Waals surface area contributed by atoms with Crippen LogP contribution in [-0.2, 0) is 11.2 Å². The third kappa shape index (κ3) is 4.12. The fourth-order valence-electron chi connectivity index (χ4n) is 3.88. The molecule has 6 heteroatoms. The highest BCUT2D eigenvalue weighted by molar-refractivity contribution is 5.70. The third-order valence-corrected chi connectivity index (χ3v) is 5.52. The van der Waals surface area contributed by atoms with Crippen molar-refractivity contribution in [3.05, 3.63) is 53.3 Å². The van der Waals surface area contributed by atoms with Gasteiger partial charge in [0, 0.05) is 6.20 Å². The predicted octanol–water partition coefficient (Wildman–Crippen LogP) is 3.55. The summed E-state index contributed by atoms with van der Waals surface area (Å²) in [6, 6.07) is 9.75. The molecule has 2 heterocycles. The van der Waals surface area contributed by atoms with Gasteiger partial charge in [0.1, 0.15) is 11.5 Å². The molecule has 0 radical (unpaired) electrons. The van der Waals surface area contributed by atoms with Crippen molar-refractivity contribution in [3.63, 3.8) is 0 Å². The molecule has 1 saturated heterocycles. The van der Waals surface area contributed by atoms with Crippen LogP contribution in [0.3, 0.4) is 0 Å². The molecule has 1 aliphatic rings. The van der Waals surface area contributed by atoms with Gasteiger partial charge < -0.3 is 14.6 Å². The van der Waals surface area contributed by atoms with Crippen molar-refractivity contribution in [2.45, 2.75) is 32.2 Å². The number of rotatable bonds is 7. The molecule has 0 amide bonds. The molecule has 1 aromatic carbocycles. The van der Waals surface area contributed by atoms with Crippen molar-refractivity contribution in [1.82, 2.24) is 9.88 Å². The second-order valence-electron chi connectivity index (χ2n) is 7.07. The molecule has 0 spiro atoms. The van der Waals surface area contributed by atoms with Crippen molar-refractivity contribution in [3.8, 4) is 11.5 Å². The molecule has 2 aromatic rings. The SMILES string of the molecule is CCc1ccc(C(c2c(OC)cccc2OC)N2CCC(C(=O)O)CC2)nc1. The largest absolute Gasteiger partial charge is 0.496 e. The quantitative estimate of drug-likeness (QED) is 0.787. The van der Waals surface area contributed by atoms with Gasteiger partial charge in [-0.15, -0.1) is 0 Å². The van der Waals surface area contributed by atoms with Gasteiger partial charge in [-0.05, 0) is 56.1 Å². The van der Waals surface area contributed by atoms with Gasteiger partial charge in [0.25, 0.3) is 0 Å². The molecular weight excluding hydrogens is 356 g/mol. The van der Waals surface area contributed by atoms with E-state index >= 15 is 0 Å². The summed E-state index contributed by atoms with van der Waals surface area (Å²) >= 11 is 0. The van der Waals surface area contributed by atoms with Gasteiger partial charge in [0.15, 0.2) is 0 Å². The number of aryl methyl sites for hydroxylation is 1. The number of carboxylic acids is 1. The van der Waals surface area contributed by atoms with Crippen molar-refractivity contribution >= 4 is 5.97 Å². The molecule has 0 bridgehead atoms. The van der Waals surface area contributed by atoms with E-state index in [9.17, 15) is 9.90 Å². The lowest BCUT2D eigenvalue weighted by molar-refractivity contribution is -0.143. The Balaban J connectivity index is 2.04. The number of aromatic nitrogens is 1. The van der Waals surface area contributed by atoms with E-state index in [-0.39, 0.29) is 12.0 Å². The normalized spacial score (nSPS) is 16.5. The number of carbonyl (C=O) groups is 1. The second-order valence-corrected chi connectivity index (χ2v) is 7.07. The highest BCUT2D eigenvalue weighted by Crippen LogP contribution is 2.41. The minimum absolute atomic E-state index is 0.160. The lowest BCUT2D eigenvalue weighted by Crippen LogP contribution is -2.39. The molecule has 3 rings (SSSR count). The van der Waals surface area contributed by atoms with Crippen LogP contribution in [0.25, 0.3) is 0 Å². The summed E-state index contributed by atoms with van der Waals surface area (Å²) in [4.78, 5) is 18.4. The number of methoxy groups -OCH3 is 2. The van der Waals surface area contributed by atoms with Crippen LogP contribution in [0.4, 0.5) is 0 Å². The molecule has 1 fully saturated rings. The van der Waals surface area contributed by atoms with Gasteiger partial charge in [-0.3, -0.25) is 14.7 Å². The molecule has 6 nitrogen and oxygen atoms in total. The molecule has 1 aromatic heterocycles. The number of pyridine rings is 1. The zero-order chi connectivity index (χ0) is 20.1. The maximum absolute atomic E-state index is 11.4. The summed E-state index contributed by atoms with van der Waals surface area (Å²) in [5.74, 6) is 0.487. The Morgan fingerprint density at radius 2 is 1.82 bits per heavy atom. The Labute approximate surface area is 166 Å². The molecule has 1 unspecified atom stereocenters. The van der Waals surface area contributed by atoms with E-state index in [0.29, 0.717) is 25.9 Å². The van der Waals surface area contributed by atoms with Crippen molar-refractivity contribution < 1.29 is 19.4 Å². The summed E-state index contributed by atoms with van der Waals surface area (Å²) < 4.78 is 11.3. The highest BCUT2D eigenvalue weighted by atomic mass is 16.5. The van der Waals surface area contributed by atoms with Crippen LogP contribution >= 0.6 is 0 Å². The number of nitrogens with zero attached hydrogens (tertiary/aromatic N) is 2. The van der Waals surface area contributed by atoms with Gasteiger partial charge in [0.05, 0.1) is 37.4 Å². The van der Waals surface area contributed by atoms with Crippen LogP contribution in [-0.4, -0.2) is 48.3 Å². The number of benzene rings is 1. The van der Waals surface area contributed by atoms with Gasteiger partial charge >= 0.3 is 5.97 Å². The second kappa shape index (κ2) is 9.06. The number of likely N-dealkylation sites (tertiary alicyclic amines) is 1. The summed E-state index contributed by atoms with van der Waals surface area (Å²) in [5, 5.41) is 9.35. The van der Waals surface area contributed by atoms with E-state index in [1.165, 1.54) is 5.56 Å². The average molecular weight is 384 g/mol. The molecule has 1 atom stereocenters. The van der Waals surface area contributed by atoms with Crippen LogP contribution < -0.4 is 9.47 Å². The first kappa shape index (κ1) is 20.1. The first-order chi connectivity index (χ1) is 13.6.